The Morgan fingerprint density at radius 1 is 1.03 bits per heavy atom. The molecule has 7 heteroatoms. The molecule has 0 amide bonds. The fourth-order valence-corrected chi connectivity index (χ4v) is 2.58. The summed E-state index contributed by atoms with van der Waals surface area (Å²) in [6, 6.07) is 13.8. The third-order valence-corrected chi connectivity index (χ3v) is 3.94. The first-order valence-electron chi connectivity index (χ1n) is 9.61. The molecule has 0 N–H and O–H groups in total. The van der Waals surface area contributed by atoms with Gasteiger partial charge in [-0.25, -0.2) is 9.59 Å². The van der Waals surface area contributed by atoms with Gasteiger partial charge >= 0.3 is 11.9 Å². The molecule has 0 heterocycles. The number of benzene rings is 2. The summed E-state index contributed by atoms with van der Waals surface area (Å²) in [5, 5.41) is 9.18. The second-order valence-corrected chi connectivity index (χ2v) is 6.03. The van der Waals surface area contributed by atoms with E-state index in [1.807, 2.05) is 24.3 Å². The Morgan fingerprint density at radius 3 is 2.48 bits per heavy atom. The highest BCUT2D eigenvalue weighted by Gasteiger charge is 2.13. The van der Waals surface area contributed by atoms with Crippen LogP contribution < -0.4 is 14.2 Å². The summed E-state index contributed by atoms with van der Waals surface area (Å²) in [5.74, 6) is -0.160. The molecule has 0 unspecified atom stereocenters. The van der Waals surface area contributed by atoms with Crippen molar-refractivity contribution in [2.24, 2.45) is 0 Å². The normalized spacial score (nSPS) is 11.0. The van der Waals surface area contributed by atoms with Gasteiger partial charge in [-0.05, 0) is 49.8 Å². The third kappa shape index (κ3) is 6.75. The van der Waals surface area contributed by atoms with Crippen molar-refractivity contribution in [2.45, 2.75) is 13.8 Å². The molecule has 0 bridgehead atoms. The minimum absolute atomic E-state index is 0.145. The van der Waals surface area contributed by atoms with Crippen LogP contribution in [0.5, 0.6) is 17.2 Å². The number of methoxy groups -OCH3 is 1. The van der Waals surface area contributed by atoms with Crippen LogP contribution in [-0.4, -0.2) is 32.3 Å². The summed E-state index contributed by atoms with van der Waals surface area (Å²) < 4.78 is 21.1. The molecule has 0 fully saturated rings. The lowest BCUT2D eigenvalue weighted by Gasteiger charge is -2.11. The van der Waals surface area contributed by atoms with Gasteiger partial charge in [-0.3, -0.25) is 0 Å². The standard InChI is InChI=1S/C24H23NO6/c1-4-29-22-15-17(14-19(16-25)24(27)30-5-2)10-12-21(22)31-23(26)13-11-18-8-6-7-9-20(18)28-3/h6-15H,4-5H2,1-3H3/b13-11+,19-14+. The molecule has 160 valence electrons. The molecular formula is C24H23NO6. The van der Waals surface area contributed by atoms with Gasteiger partial charge in [-0.1, -0.05) is 24.3 Å². The number of para-hydroxylation sites is 1. The Balaban J connectivity index is 2.23. The molecule has 0 aliphatic carbocycles. The van der Waals surface area contributed by atoms with Gasteiger partial charge in [0.1, 0.15) is 17.4 Å². The van der Waals surface area contributed by atoms with Gasteiger partial charge in [0, 0.05) is 11.6 Å². The van der Waals surface area contributed by atoms with Gasteiger partial charge in [0.25, 0.3) is 0 Å². The smallest absolute Gasteiger partial charge is 0.348 e. The topological polar surface area (TPSA) is 94.9 Å². The van der Waals surface area contributed by atoms with E-state index in [0.717, 1.165) is 5.56 Å². The molecule has 0 aliphatic heterocycles. The molecule has 2 rings (SSSR count). The van der Waals surface area contributed by atoms with Crippen LogP contribution in [0.25, 0.3) is 12.2 Å². The van der Waals surface area contributed by atoms with Gasteiger partial charge < -0.3 is 18.9 Å². The molecule has 7 nitrogen and oxygen atoms in total. The van der Waals surface area contributed by atoms with Crippen LogP contribution in [0, 0.1) is 11.3 Å². The molecule has 2 aromatic rings. The Hall–Kier alpha value is -4.05. The van der Waals surface area contributed by atoms with Crippen molar-refractivity contribution < 1.29 is 28.5 Å². The number of nitrogens with zero attached hydrogens (tertiary/aromatic N) is 1. The number of esters is 2. The Kier molecular flexibility index (Phi) is 8.87. The summed E-state index contributed by atoms with van der Waals surface area (Å²) in [4.78, 5) is 24.1. The molecule has 0 aromatic heterocycles. The molecule has 31 heavy (non-hydrogen) atoms. The summed E-state index contributed by atoms with van der Waals surface area (Å²) in [6.07, 6.45) is 4.26. The molecule has 0 radical (unpaired) electrons. The minimum atomic E-state index is -0.708. The number of hydrogen-bond acceptors (Lipinski definition) is 7. The first-order chi connectivity index (χ1) is 15.0. The first-order valence-corrected chi connectivity index (χ1v) is 9.61. The van der Waals surface area contributed by atoms with E-state index >= 15 is 0 Å². The maximum Gasteiger partial charge on any atom is 0.348 e. The predicted molar refractivity (Wildman–Crippen MR) is 115 cm³/mol. The van der Waals surface area contributed by atoms with Crippen LogP contribution >= 0.6 is 0 Å². The van der Waals surface area contributed by atoms with E-state index in [1.165, 1.54) is 18.2 Å². The number of ether oxygens (including phenoxy) is 4. The monoisotopic (exact) mass is 421 g/mol. The van der Waals surface area contributed by atoms with Crippen molar-refractivity contribution >= 4 is 24.1 Å². The lowest BCUT2D eigenvalue weighted by Crippen LogP contribution is -2.07. The van der Waals surface area contributed by atoms with Gasteiger partial charge in [0.05, 0.1) is 20.3 Å². The predicted octanol–water partition coefficient (Wildman–Crippen LogP) is 4.18. The van der Waals surface area contributed by atoms with Crippen LogP contribution in [0.4, 0.5) is 0 Å². The van der Waals surface area contributed by atoms with E-state index < -0.39 is 11.9 Å². The molecule has 0 atom stereocenters. The van der Waals surface area contributed by atoms with Gasteiger partial charge in [-0.15, -0.1) is 0 Å². The minimum Gasteiger partial charge on any atom is -0.496 e. The highest BCUT2D eigenvalue weighted by molar-refractivity contribution is 5.98. The molecule has 0 aliphatic rings. The fraction of sp³-hybridized carbons (Fsp3) is 0.208. The second-order valence-electron chi connectivity index (χ2n) is 6.03. The third-order valence-electron chi connectivity index (χ3n) is 3.94. The Bertz CT molecular complexity index is 1030. The van der Waals surface area contributed by atoms with Crippen molar-refractivity contribution in [3.05, 3.63) is 65.2 Å². The average molecular weight is 421 g/mol. The van der Waals surface area contributed by atoms with Crippen molar-refractivity contribution in [3.8, 4) is 23.3 Å². The fourth-order valence-electron chi connectivity index (χ4n) is 2.58. The number of carbonyl (C=O) groups is 2. The number of rotatable bonds is 9. The molecule has 2 aromatic carbocycles. The lowest BCUT2D eigenvalue weighted by atomic mass is 10.1. The maximum atomic E-state index is 12.3. The molecular weight excluding hydrogens is 398 g/mol. The second kappa shape index (κ2) is 11.8. The van der Waals surface area contributed by atoms with Crippen LogP contribution in [-0.2, 0) is 14.3 Å². The zero-order chi connectivity index (χ0) is 22.6. The summed E-state index contributed by atoms with van der Waals surface area (Å²) >= 11 is 0. The average Bonchev–Trinajstić information content (AvgIpc) is 2.78. The van der Waals surface area contributed by atoms with Crippen molar-refractivity contribution in [1.29, 1.82) is 5.26 Å². The van der Waals surface area contributed by atoms with E-state index in [1.54, 1.807) is 45.2 Å². The van der Waals surface area contributed by atoms with Crippen LogP contribution in [0.3, 0.4) is 0 Å². The van der Waals surface area contributed by atoms with Gasteiger partial charge in [-0.2, -0.15) is 5.26 Å². The van der Waals surface area contributed by atoms with E-state index in [9.17, 15) is 14.9 Å². The zero-order valence-corrected chi connectivity index (χ0v) is 17.6. The van der Waals surface area contributed by atoms with E-state index in [-0.39, 0.29) is 17.9 Å². The Labute approximate surface area is 181 Å². The largest absolute Gasteiger partial charge is 0.496 e. The van der Waals surface area contributed by atoms with Gasteiger partial charge in [0.2, 0.25) is 0 Å². The van der Waals surface area contributed by atoms with Crippen molar-refractivity contribution in [2.75, 3.05) is 20.3 Å². The molecule has 0 saturated heterocycles. The van der Waals surface area contributed by atoms with Crippen molar-refractivity contribution in [1.82, 2.24) is 0 Å². The van der Waals surface area contributed by atoms with Crippen LogP contribution in [0.1, 0.15) is 25.0 Å². The zero-order valence-electron chi connectivity index (χ0n) is 17.6. The number of nitriles is 1. The van der Waals surface area contributed by atoms with Crippen LogP contribution in [0.15, 0.2) is 54.1 Å². The lowest BCUT2D eigenvalue weighted by molar-refractivity contribution is -0.138. The summed E-state index contributed by atoms with van der Waals surface area (Å²) in [7, 11) is 1.55. The molecule has 0 saturated carbocycles. The molecule has 0 spiro atoms. The Morgan fingerprint density at radius 2 is 1.81 bits per heavy atom. The SMILES string of the molecule is CCOC(=O)/C(C#N)=C/c1ccc(OC(=O)/C=C/c2ccccc2OC)c(OCC)c1. The van der Waals surface area contributed by atoms with Gasteiger partial charge in [0.15, 0.2) is 11.5 Å². The number of carbonyl (C=O) groups excluding carboxylic acids is 2. The highest BCUT2D eigenvalue weighted by atomic mass is 16.6. The number of hydrogen-bond donors (Lipinski definition) is 0. The highest BCUT2D eigenvalue weighted by Crippen LogP contribution is 2.30. The van der Waals surface area contributed by atoms with E-state index in [4.69, 9.17) is 18.9 Å². The van der Waals surface area contributed by atoms with Crippen LogP contribution in [0.2, 0.25) is 0 Å². The van der Waals surface area contributed by atoms with E-state index in [2.05, 4.69) is 0 Å². The maximum absolute atomic E-state index is 12.3. The van der Waals surface area contributed by atoms with E-state index in [0.29, 0.717) is 23.7 Å². The summed E-state index contributed by atoms with van der Waals surface area (Å²) in [5.41, 5.74) is 1.11. The first kappa shape index (κ1) is 23.2. The quantitative estimate of drug-likeness (QED) is 0.259. The summed E-state index contributed by atoms with van der Waals surface area (Å²) in [6.45, 7) is 3.94. The van der Waals surface area contributed by atoms with Crippen molar-refractivity contribution in [3.63, 3.8) is 0 Å².